The fourth-order valence-electron chi connectivity index (χ4n) is 1.12. The SMILES string of the molecule is CCNC(=O)NNC(=O)c1cc(Br)cc(Br)c1O. The van der Waals surface area contributed by atoms with Crippen LogP contribution in [0, 0.1) is 0 Å². The van der Waals surface area contributed by atoms with Gasteiger partial charge in [0.15, 0.2) is 0 Å². The summed E-state index contributed by atoms with van der Waals surface area (Å²) < 4.78 is 0.996. The summed E-state index contributed by atoms with van der Waals surface area (Å²) in [5.74, 6) is -0.825. The monoisotopic (exact) mass is 379 g/mol. The summed E-state index contributed by atoms with van der Waals surface area (Å²) in [6.45, 7) is 2.19. The Balaban J connectivity index is 2.76. The van der Waals surface area contributed by atoms with Crippen molar-refractivity contribution in [3.05, 3.63) is 26.6 Å². The summed E-state index contributed by atoms with van der Waals surface area (Å²) in [7, 11) is 0. The van der Waals surface area contributed by atoms with Gasteiger partial charge in [-0.1, -0.05) is 15.9 Å². The first-order valence-corrected chi connectivity index (χ1v) is 6.56. The maximum absolute atomic E-state index is 11.7. The highest BCUT2D eigenvalue weighted by molar-refractivity contribution is 9.11. The molecule has 0 atom stereocenters. The molecule has 0 heterocycles. The Hall–Kier alpha value is -1.28. The second kappa shape index (κ2) is 6.60. The lowest BCUT2D eigenvalue weighted by atomic mass is 10.2. The van der Waals surface area contributed by atoms with Crippen LogP contribution in [0.3, 0.4) is 0 Å². The van der Waals surface area contributed by atoms with E-state index in [1.54, 1.807) is 13.0 Å². The lowest BCUT2D eigenvalue weighted by Crippen LogP contribution is -2.46. The van der Waals surface area contributed by atoms with Crippen LogP contribution in [0.2, 0.25) is 0 Å². The zero-order chi connectivity index (χ0) is 13.7. The first kappa shape index (κ1) is 14.8. The molecular formula is C10H11Br2N3O3. The van der Waals surface area contributed by atoms with Gasteiger partial charge >= 0.3 is 6.03 Å². The van der Waals surface area contributed by atoms with Crippen LogP contribution in [0.15, 0.2) is 21.1 Å². The number of phenolic OH excluding ortho intramolecular Hbond substituents is 1. The van der Waals surface area contributed by atoms with Crippen molar-refractivity contribution in [2.75, 3.05) is 6.54 Å². The van der Waals surface area contributed by atoms with Crippen LogP contribution in [0.1, 0.15) is 17.3 Å². The van der Waals surface area contributed by atoms with Gasteiger partial charge in [0, 0.05) is 11.0 Å². The first-order chi connectivity index (χ1) is 8.45. The molecule has 98 valence electrons. The van der Waals surface area contributed by atoms with Gasteiger partial charge in [0.2, 0.25) is 0 Å². The predicted molar refractivity (Wildman–Crippen MR) is 73.2 cm³/mol. The van der Waals surface area contributed by atoms with Crippen LogP contribution >= 0.6 is 31.9 Å². The Morgan fingerprint density at radius 2 is 1.94 bits per heavy atom. The smallest absolute Gasteiger partial charge is 0.333 e. The molecule has 1 rings (SSSR count). The molecule has 6 nitrogen and oxygen atoms in total. The molecule has 8 heteroatoms. The minimum Gasteiger partial charge on any atom is -0.506 e. The highest BCUT2D eigenvalue weighted by Crippen LogP contribution is 2.31. The molecule has 1 aromatic rings. The third-order valence-electron chi connectivity index (χ3n) is 1.90. The largest absolute Gasteiger partial charge is 0.506 e. The van der Waals surface area contributed by atoms with E-state index >= 15 is 0 Å². The summed E-state index contributed by atoms with van der Waals surface area (Å²) in [6.07, 6.45) is 0. The van der Waals surface area contributed by atoms with Crippen molar-refractivity contribution in [1.29, 1.82) is 0 Å². The number of nitrogens with one attached hydrogen (secondary N) is 3. The quantitative estimate of drug-likeness (QED) is 0.590. The molecule has 0 aliphatic rings. The number of rotatable bonds is 2. The molecule has 0 fully saturated rings. The number of aromatic hydroxyl groups is 1. The average molecular weight is 381 g/mol. The average Bonchev–Trinajstić information content (AvgIpc) is 2.31. The highest BCUT2D eigenvalue weighted by Gasteiger charge is 2.15. The number of phenols is 1. The fourth-order valence-corrected chi connectivity index (χ4v) is 2.35. The summed E-state index contributed by atoms with van der Waals surface area (Å²) in [5, 5.41) is 12.1. The Morgan fingerprint density at radius 3 is 2.56 bits per heavy atom. The molecule has 0 saturated heterocycles. The molecule has 0 aliphatic carbocycles. The number of hydrazine groups is 1. The van der Waals surface area contributed by atoms with E-state index in [1.807, 2.05) is 0 Å². The lowest BCUT2D eigenvalue weighted by molar-refractivity contribution is 0.0933. The fraction of sp³-hybridized carbons (Fsp3) is 0.200. The zero-order valence-corrected chi connectivity index (χ0v) is 12.6. The molecule has 0 aliphatic heterocycles. The number of hydrogen-bond acceptors (Lipinski definition) is 3. The van der Waals surface area contributed by atoms with Crippen molar-refractivity contribution >= 4 is 43.8 Å². The lowest BCUT2D eigenvalue weighted by Gasteiger charge is -2.10. The maximum Gasteiger partial charge on any atom is 0.333 e. The van der Waals surface area contributed by atoms with Gasteiger partial charge in [-0.2, -0.15) is 0 Å². The molecule has 4 N–H and O–H groups in total. The van der Waals surface area contributed by atoms with Crippen LogP contribution in [0.25, 0.3) is 0 Å². The van der Waals surface area contributed by atoms with E-state index in [4.69, 9.17) is 0 Å². The van der Waals surface area contributed by atoms with E-state index in [-0.39, 0.29) is 11.3 Å². The van der Waals surface area contributed by atoms with Crippen molar-refractivity contribution in [3.8, 4) is 5.75 Å². The summed E-state index contributed by atoms with van der Waals surface area (Å²) in [4.78, 5) is 22.8. The number of hydrogen-bond donors (Lipinski definition) is 4. The van der Waals surface area contributed by atoms with Gasteiger partial charge in [-0.25, -0.2) is 10.2 Å². The number of urea groups is 1. The van der Waals surface area contributed by atoms with Crippen LogP contribution in [0.4, 0.5) is 4.79 Å². The molecule has 1 aromatic carbocycles. The number of amides is 3. The van der Waals surface area contributed by atoms with Crippen molar-refractivity contribution < 1.29 is 14.7 Å². The molecule has 0 spiro atoms. The Morgan fingerprint density at radius 1 is 1.28 bits per heavy atom. The summed E-state index contributed by atoms with van der Waals surface area (Å²) in [6, 6.07) is 2.51. The van der Waals surface area contributed by atoms with E-state index in [9.17, 15) is 14.7 Å². The molecule has 0 radical (unpaired) electrons. The summed E-state index contributed by atoms with van der Waals surface area (Å²) >= 11 is 6.31. The van der Waals surface area contributed by atoms with E-state index in [1.165, 1.54) is 6.07 Å². The standard InChI is InChI=1S/C10H11Br2N3O3/c1-2-13-10(18)15-14-9(17)6-3-5(11)4-7(12)8(6)16/h3-4,16H,2H2,1H3,(H,14,17)(H2,13,15,18). The third-order valence-corrected chi connectivity index (χ3v) is 2.96. The van der Waals surface area contributed by atoms with Gasteiger partial charge < -0.3 is 10.4 Å². The number of carbonyl (C=O) groups excluding carboxylic acids is 2. The first-order valence-electron chi connectivity index (χ1n) is 4.98. The zero-order valence-electron chi connectivity index (χ0n) is 9.38. The number of carbonyl (C=O) groups is 2. The van der Waals surface area contributed by atoms with Gasteiger partial charge in [0.1, 0.15) is 5.75 Å². The van der Waals surface area contributed by atoms with Gasteiger partial charge in [0.25, 0.3) is 5.91 Å². The highest BCUT2D eigenvalue weighted by atomic mass is 79.9. The number of benzene rings is 1. The minimum absolute atomic E-state index is 0.0352. The van der Waals surface area contributed by atoms with Gasteiger partial charge in [-0.05, 0) is 35.0 Å². The Kier molecular flexibility index (Phi) is 5.42. The molecule has 0 bridgehead atoms. The van der Waals surface area contributed by atoms with Crippen LogP contribution in [0.5, 0.6) is 5.75 Å². The van der Waals surface area contributed by atoms with Crippen molar-refractivity contribution in [3.63, 3.8) is 0 Å². The molecule has 3 amide bonds. The molecular weight excluding hydrogens is 370 g/mol. The second-order valence-corrected chi connectivity index (χ2v) is 4.99. The van der Waals surface area contributed by atoms with Crippen LogP contribution in [-0.4, -0.2) is 23.6 Å². The minimum atomic E-state index is -0.624. The summed E-state index contributed by atoms with van der Waals surface area (Å²) in [5.41, 5.74) is 4.37. The maximum atomic E-state index is 11.7. The molecule has 0 unspecified atom stereocenters. The molecule has 18 heavy (non-hydrogen) atoms. The topological polar surface area (TPSA) is 90.5 Å². The van der Waals surface area contributed by atoms with Crippen LogP contribution in [-0.2, 0) is 0 Å². The van der Waals surface area contributed by atoms with Crippen molar-refractivity contribution in [1.82, 2.24) is 16.2 Å². The van der Waals surface area contributed by atoms with Crippen LogP contribution < -0.4 is 16.2 Å². The molecule has 0 aromatic heterocycles. The Bertz CT molecular complexity index is 480. The van der Waals surface area contributed by atoms with E-state index in [0.717, 1.165) is 0 Å². The number of halogens is 2. The van der Waals surface area contributed by atoms with E-state index in [0.29, 0.717) is 15.5 Å². The van der Waals surface area contributed by atoms with E-state index < -0.39 is 11.9 Å². The third kappa shape index (κ3) is 3.88. The predicted octanol–water partition coefficient (Wildman–Crippen LogP) is 1.88. The normalized spacial score (nSPS) is 9.72. The van der Waals surface area contributed by atoms with Gasteiger partial charge in [-0.3, -0.25) is 10.2 Å². The second-order valence-electron chi connectivity index (χ2n) is 3.22. The van der Waals surface area contributed by atoms with Gasteiger partial charge in [0.05, 0.1) is 10.0 Å². The van der Waals surface area contributed by atoms with Gasteiger partial charge in [-0.15, -0.1) is 0 Å². The van der Waals surface area contributed by atoms with Crippen molar-refractivity contribution in [2.24, 2.45) is 0 Å². The Labute approximate surface area is 120 Å². The molecule has 0 saturated carbocycles. The van der Waals surface area contributed by atoms with Crippen molar-refractivity contribution in [2.45, 2.75) is 6.92 Å². The van der Waals surface area contributed by atoms with E-state index in [2.05, 4.69) is 48.0 Å².